The van der Waals surface area contributed by atoms with Gasteiger partial charge in [0.1, 0.15) is 10.9 Å². The van der Waals surface area contributed by atoms with Crippen molar-refractivity contribution in [3.63, 3.8) is 0 Å². The number of halogens is 1. The predicted molar refractivity (Wildman–Crippen MR) is 117 cm³/mol. The molecule has 0 bridgehead atoms. The number of aromatic nitrogens is 1. The zero-order valence-corrected chi connectivity index (χ0v) is 18.1. The Labute approximate surface area is 178 Å². The molecule has 1 atom stereocenters. The van der Waals surface area contributed by atoms with Crippen LogP contribution < -0.4 is 4.74 Å². The van der Waals surface area contributed by atoms with E-state index in [0.29, 0.717) is 23.2 Å². The van der Waals surface area contributed by atoms with E-state index in [1.807, 2.05) is 24.0 Å². The third kappa shape index (κ3) is 6.18. The van der Waals surface area contributed by atoms with Crippen molar-refractivity contribution in [3.05, 3.63) is 58.9 Å². The predicted octanol–water partition coefficient (Wildman–Crippen LogP) is 4.16. The molecule has 1 aromatic carbocycles. The molecule has 0 saturated carbocycles. The summed E-state index contributed by atoms with van der Waals surface area (Å²) in [5.74, 6) is 1.44. The molecular weight excluding hydrogens is 386 g/mol. The van der Waals surface area contributed by atoms with Crippen molar-refractivity contribution >= 4 is 17.5 Å². The summed E-state index contributed by atoms with van der Waals surface area (Å²) in [5, 5.41) is 0.355. The van der Waals surface area contributed by atoms with Gasteiger partial charge in [-0.1, -0.05) is 23.7 Å². The molecule has 6 heteroatoms. The topological polar surface area (TPSA) is 45.7 Å². The van der Waals surface area contributed by atoms with Gasteiger partial charge in [-0.2, -0.15) is 0 Å². The maximum atomic E-state index is 12.9. The number of ether oxygens (including phenoxy) is 1. The van der Waals surface area contributed by atoms with Crippen molar-refractivity contribution in [2.75, 3.05) is 39.8 Å². The molecule has 1 unspecified atom stereocenters. The number of likely N-dealkylation sites (tertiary alicyclic amines) is 1. The summed E-state index contributed by atoms with van der Waals surface area (Å²) in [4.78, 5) is 21.3. The van der Waals surface area contributed by atoms with Gasteiger partial charge in [0, 0.05) is 37.9 Å². The van der Waals surface area contributed by atoms with Gasteiger partial charge in [-0.3, -0.25) is 4.79 Å². The van der Waals surface area contributed by atoms with Crippen LogP contribution in [0.5, 0.6) is 5.75 Å². The number of methoxy groups -OCH3 is 1. The fourth-order valence-electron chi connectivity index (χ4n) is 4.00. The van der Waals surface area contributed by atoms with Crippen LogP contribution in [0.2, 0.25) is 5.15 Å². The Hall–Kier alpha value is -2.11. The molecule has 1 fully saturated rings. The lowest BCUT2D eigenvalue weighted by Crippen LogP contribution is -2.43. The zero-order chi connectivity index (χ0) is 20.6. The molecule has 0 N–H and O–H groups in total. The van der Waals surface area contributed by atoms with Gasteiger partial charge in [-0.25, -0.2) is 4.98 Å². The molecule has 156 valence electrons. The van der Waals surface area contributed by atoms with Gasteiger partial charge in [0.05, 0.1) is 7.11 Å². The average Bonchev–Trinajstić information content (AvgIpc) is 2.76. The molecule has 0 spiro atoms. The van der Waals surface area contributed by atoms with Crippen LogP contribution in [0.1, 0.15) is 35.7 Å². The Kier molecular flexibility index (Phi) is 7.90. The number of piperidine rings is 1. The summed E-state index contributed by atoms with van der Waals surface area (Å²) >= 11 is 5.96. The normalized spacial score (nSPS) is 17.1. The standard InChI is InChI=1S/C23H30ClN3O2/c1-3-27(23(28)20-9-11-25-22(24)15-20)17-19-7-5-12-26(16-19)13-10-18-6-4-8-21(14-18)29-2/h4,6,8-9,11,14-15,19H,3,5,7,10,12-13,16-17H2,1-2H3. The maximum Gasteiger partial charge on any atom is 0.254 e. The summed E-state index contributed by atoms with van der Waals surface area (Å²) in [6.45, 7) is 6.70. The second-order valence-corrected chi connectivity index (χ2v) is 8.01. The number of amides is 1. The van der Waals surface area contributed by atoms with Gasteiger partial charge in [0.25, 0.3) is 5.91 Å². The minimum atomic E-state index is 0.0327. The molecule has 0 radical (unpaired) electrons. The van der Waals surface area contributed by atoms with Gasteiger partial charge in [0.15, 0.2) is 0 Å². The van der Waals surface area contributed by atoms with Gasteiger partial charge < -0.3 is 14.5 Å². The van der Waals surface area contributed by atoms with Crippen molar-refractivity contribution < 1.29 is 9.53 Å². The number of nitrogens with zero attached hydrogens (tertiary/aromatic N) is 3. The second-order valence-electron chi connectivity index (χ2n) is 7.62. The summed E-state index contributed by atoms with van der Waals surface area (Å²) in [6.07, 6.45) is 4.94. The molecule has 29 heavy (non-hydrogen) atoms. The number of carbonyl (C=O) groups excluding carboxylic acids is 1. The van der Waals surface area contributed by atoms with Crippen LogP contribution in [-0.4, -0.2) is 60.5 Å². The first kappa shape index (κ1) is 21.6. The van der Waals surface area contributed by atoms with E-state index >= 15 is 0 Å². The number of benzene rings is 1. The smallest absolute Gasteiger partial charge is 0.254 e. The lowest BCUT2D eigenvalue weighted by Gasteiger charge is -2.35. The van der Waals surface area contributed by atoms with Crippen LogP contribution in [0.25, 0.3) is 0 Å². The third-order valence-corrected chi connectivity index (χ3v) is 5.78. The summed E-state index contributed by atoms with van der Waals surface area (Å²) < 4.78 is 5.32. The highest BCUT2D eigenvalue weighted by Gasteiger charge is 2.24. The number of hydrogen-bond acceptors (Lipinski definition) is 4. The first-order valence-corrected chi connectivity index (χ1v) is 10.7. The van der Waals surface area contributed by atoms with Crippen LogP contribution in [0, 0.1) is 5.92 Å². The van der Waals surface area contributed by atoms with Gasteiger partial charge in [-0.15, -0.1) is 0 Å². The summed E-state index contributed by atoms with van der Waals surface area (Å²) in [6, 6.07) is 11.7. The van der Waals surface area contributed by atoms with Crippen molar-refractivity contribution in [3.8, 4) is 5.75 Å². The zero-order valence-electron chi connectivity index (χ0n) is 17.3. The first-order chi connectivity index (χ1) is 14.1. The Balaban J connectivity index is 1.54. The van der Waals surface area contributed by atoms with E-state index in [0.717, 1.165) is 44.8 Å². The Bertz CT molecular complexity index is 814. The fraction of sp³-hybridized carbons (Fsp3) is 0.478. The molecule has 2 heterocycles. The first-order valence-electron chi connectivity index (χ1n) is 10.3. The Morgan fingerprint density at radius 2 is 2.21 bits per heavy atom. The SMILES string of the molecule is CCN(CC1CCCN(CCc2cccc(OC)c2)C1)C(=O)c1ccnc(Cl)c1. The molecular formula is C23H30ClN3O2. The van der Waals surface area contributed by atoms with E-state index in [4.69, 9.17) is 16.3 Å². The monoisotopic (exact) mass is 415 g/mol. The largest absolute Gasteiger partial charge is 0.497 e. The molecule has 1 saturated heterocycles. The number of pyridine rings is 1. The summed E-state index contributed by atoms with van der Waals surface area (Å²) in [5.41, 5.74) is 1.91. The van der Waals surface area contributed by atoms with Crippen LogP contribution >= 0.6 is 11.6 Å². The molecule has 1 aliphatic rings. The van der Waals surface area contributed by atoms with Crippen molar-refractivity contribution in [2.24, 2.45) is 5.92 Å². The molecule has 1 aromatic heterocycles. The molecule has 2 aromatic rings. The van der Waals surface area contributed by atoms with E-state index in [-0.39, 0.29) is 5.91 Å². The molecule has 1 amide bonds. The van der Waals surface area contributed by atoms with Crippen LogP contribution in [-0.2, 0) is 6.42 Å². The van der Waals surface area contributed by atoms with Crippen LogP contribution in [0.4, 0.5) is 0 Å². The van der Waals surface area contributed by atoms with Gasteiger partial charge in [-0.05, 0) is 68.5 Å². The quantitative estimate of drug-likeness (QED) is 0.607. The number of rotatable bonds is 8. The van der Waals surface area contributed by atoms with Crippen LogP contribution in [0.15, 0.2) is 42.6 Å². The average molecular weight is 416 g/mol. The minimum Gasteiger partial charge on any atom is -0.497 e. The van der Waals surface area contributed by atoms with E-state index in [1.54, 1.807) is 25.4 Å². The van der Waals surface area contributed by atoms with E-state index in [2.05, 4.69) is 22.0 Å². The third-order valence-electron chi connectivity index (χ3n) is 5.58. The number of hydrogen-bond donors (Lipinski definition) is 0. The van der Waals surface area contributed by atoms with E-state index in [9.17, 15) is 4.79 Å². The highest BCUT2D eigenvalue weighted by molar-refractivity contribution is 6.29. The van der Waals surface area contributed by atoms with Crippen LogP contribution in [0.3, 0.4) is 0 Å². The Morgan fingerprint density at radius 3 is 2.97 bits per heavy atom. The minimum absolute atomic E-state index is 0.0327. The van der Waals surface area contributed by atoms with Crippen molar-refractivity contribution in [1.29, 1.82) is 0 Å². The lowest BCUT2D eigenvalue weighted by molar-refractivity contribution is 0.0690. The van der Waals surface area contributed by atoms with E-state index in [1.165, 1.54) is 12.0 Å². The molecule has 1 aliphatic heterocycles. The highest BCUT2D eigenvalue weighted by Crippen LogP contribution is 2.20. The fourth-order valence-corrected chi connectivity index (χ4v) is 4.18. The highest BCUT2D eigenvalue weighted by atomic mass is 35.5. The maximum absolute atomic E-state index is 12.9. The van der Waals surface area contributed by atoms with Crippen molar-refractivity contribution in [2.45, 2.75) is 26.2 Å². The molecule has 0 aliphatic carbocycles. The molecule has 3 rings (SSSR count). The van der Waals surface area contributed by atoms with Crippen molar-refractivity contribution in [1.82, 2.24) is 14.8 Å². The van der Waals surface area contributed by atoms with Gasteiger partial charge in [0.2, 0.25) is 0 Å². The lowest BCUT2D eigenvalue weighted by atomic mass is 9.96. The summed E-state index contributed by atoms with van der Waals surface area (Å²) in [7, 11) is 1.70. The molecule has 5 nitrogen and oxygen atoms in total. The Morgan fingerprint density at radius 1 is 1.34 bits per heavy atom. The van der Waals surface area contributed by atoms with E-state index < -0.39 is 0 Å². The number of carbonyl (C=O) groups is 1. The second kappa shape index (κ2) is 10.6. The van der Waals surface area contributed by atoms with Gasteiger partial charge >= 0.3 is 0 Å².